The molecule has 3 atom stereocenters. The first-order chi connectivity index (χ1) is 9.07. The SMILES string of the molecule is CC(C)[C@H](N)C(=O)N[C@@H](C)C(=O)N[C@H](C(=O)O)C(C)C. The summed E-state index contributed by atoms with van der Waals surface area (Å²) in [5.74, 6) is -2.38. The Bertz CT molecular complexity index is 369. The van der Waals surface area contributed by atoms with E-state index in [1.54, 1.807) is 27.7 Å². The summed E-state index contributed by atoms with van der Waals surface area (Å²) in [5.41, 5.74) is 5.67. The molecule has 0 unspecified atom stereocenters. The summed E-state index contributed by atoms with van der Waals surface area (Å²) in [6, 6.07) is -2.53. The van der Waals surface area contributed by atoms with E-state index in [4.69, 9.17) is 10.8 Å². The van der Waals surface area contributed by atoms with Gasteiger partial charge in [0.25, 0.3) is 0 Å². The van der Waals surface area contributed by atoms with Crippen molar-refractivity contribution in [2.75, 3.05) is 0 Å². The number of nitrogens with two attached hydrogens (primary N) is 1. The molecular weight excluding hydrogens is 262 g/mol. The van der Waals surface area contributed by atoms with E-state index in [9.17, 15) is 14.4 Å². The van der Waals surface area contributed by atoms with Crippen LogP contribution in [0.25, 0.3) is 0 Å². The minimum atomic E-state index is -1.11. The van der Waals surface area contributed by atoms with Crippen LogP contribution in [0.1, 0.15) is 34.6 Å². The van der Waals surface area contributed by atoms with E-state index in [1.165, 1.54) is 6.92 Å². The number of nitrogens with one attached hydrogen (secondary N) is 2. The fourth-order valence-corrected chi connectivity index (χ4v) is 1.47. The van der Waals surface area contributed by atoms with Crippen LogP contribution in [-0.2, 0) is 14.4 Å². The van der Waals surface area contributed by atoms with Crippen LogP contribution in [0.4, 0.5) is 0 Å². The number of hydrogen-bond acceptors (Lipinski definition) is 4. The second-order valence-electron chi connectivity index (χ2n) is 5.57. The minimum Gasteiger partial charge on any atom is -0.480 e. The molecule has 20 heavy (non-hydrogen) atoms. The lowest BCUT2D eigenvalue weighted by atomic mass is 10.0. The maximum atomic E-state index is 11.9. The Labute approximate surface area is 119 Å². The van der Waals surface area contributed by atoms with Gasteiger partial charge in [-0.1, -0.05) is 27.7 Å². The first-order valence-corrected chi connectivity index (χ1v) is 6.67. The summed E-state index contributed by atoms with van der Waals surface area (Å²) >= 11 is 0. The van der Waals surface area contributed by atoms with Crippen molar-refractivity contribution in [2.45, 2.75) is 52.7 Å². The van der Waals surface area contributed by atoms with Crippen molar-refractivity contribution >= 4 is 17.8 Å². The Morgan fingerprint density at radius 1 is 0.900 bits per heavy atom. The van der Waals surface area contributed by atoms with Gasteiger partial charge in [0, 0.05) is 0 Å². The minimum absolute atomic E-state index is 0.0484. The molecule has 0 aromatic heterocycles. The zero-order valence-electron chi connectivity index (χ0n) is 12.6. The Kier molecular flexibility index (Phi) is 7.20. The average molecular weight is 287 g/mol. The highest BCUT2D eigenvalue weighted by atomic mass is 16.4. The second-order valence-corrected chi connectivity index (χ2v) is 5.57. The quantitative estimate of drug-likeness (QED) is 0.512. The molecule has 0 radical (unpaired) electrons. The Hall–Kier alpha value is -1.63. The molecule has 0 spiro atoms. The van der Waals surface area contributed by atoms with Crippen LogP contribution in [-0.4, -0.2) is 41.0 Å². The van der Waals surface area contributed by atoms with Crippen molar-refractivity contribution in [3.8, 4) is 0 Å². The van der Waals surface area contributed by atoms with E-state index in [0.717, 1.165) is 0 Å². The highest BCUT2D eigenvalue weighted by Crippen LogP contribution is 2.03. The van der Waals surface area contributed by atoms with Gasteiger partial charge in [0.2, 0.25) is 11.8 Å². The lowest BCUT2D eigenvalue weighted by Gasteiger charge is -2.22. The first kappa shape index (κ1) is 18.4. The van der Waals surface area contributed by atoms with Gasteiger partial charge in [0.05, 0.1) is 6.04 Å². The zero-order chi connectivity index (χ0) is 16.0. The second kappa shape index (κ2) is 7.84. The smallest absolute Gasteiger partial charge is 0.326 e. The van der Waals surface area contributed by atoms with Crippen molar-refractivity contribution in [3.05, 3.63) is 0 Å². The van der Waals surface area contributed by atoms with E-state index in [-0.39, 0.29) is 11.8 Å². The molecule has 5 N–H and O–H groups in total. The van der Waals surface area contributed by atoms with Gasteiger partial charge < -0.3 is 21.5 Å². The molecule has 0 rings (SSSR count). The molecule has 0 aromatic rings. The number of rotatable bonds is 7. The van der Waals surface area contributed by atoms with Gasteiger partial charge in [-0.3, -0.25) is 9.59 Å². The number of carboxylic acid groups (broad SMARTS) is 1. The monoisotopic (exact) mass is 287 g/mol. The maximum Gasteiger partial charge on any atom is 0.326 e. The summed E-state index contributed by atoms with van der Waals surface area (Å²) < 4.78 is 0. The molecule has 2 amide bonds. The number of carboxylic acids is 1. The van der Waals surface area contributed by atoms with Crippen molar-refractivity contribution < 1.29 is 19.5 Å². The van der Waals surface area contributed by atoms with Crippen LogP contribution in [0, 0.1) is 11.8 Å². The van der Waals surface area contributed by atoms with Crippen LogP contribution in [0.2, 0.25) is 0 Å². The van der Waals surface area contributed by atoms with Gasteiger partial charge in [0.1, 0.15) is 12.1 Å². The van der Waals surface area contributed by atoms with E-state index in [0.29, 0.717) is 0 Å². The van der Waals surface area contributed by atoms with Gasteiger partial charge in [-0.15, -0.1) is 0 Å². The maximum absolute atomic E-state index is 11.9. The molecule has 0 fully saturated rings. The number of hydrogen-bond donors (Lipinski definition) is 4. The van der Waals surface area contributed by atoms with Crippen LogP contribution >= 0.6 is 0 Å². The molecule has 0 bridgehead atoms. The lowest BCUT2D eigenvalue weighted by Crippen LogP contribution is -2.55. The van der Waals surface area contributed by atoms with E-state index >= 15 is 0 Å². The molecule has 0 aliphatic rings. The summed E-state index contributed by atoms with van der Waals surface area (Å²) in [6.07, 6.45) is 0. The number of amides is 2. The highest BCUT2D eigenvalue weighted by molar-refractivity contribution is 5.91. The normalized spacial score (nSPS) is 15.6. The fourth-order valence-electron chi connectivity index (χ4n) is 1.47. The molecule has 0 saturated carbocycles. The topological polar surface area (TPSA) is 122 Å². The largest absolute Gasteiger partial charge is 0.480 e. The summed E-state index contributed by atoms with van der Waals surface area (Å²) in [6.45, 7) is 8.47. The van der Waals surface area contributed by atoms with Gasteiger partial charge >= 0.3 is 5.97 Å². The highest BCUT2D eigenvalue weighted by Gasteiger charge is 2.27. The third kappa shape index (κ3) is 5.56. The summed E-state index contributed by atoms with van der Waals surface area (Å²) in [7, 11) is 0. The van der Waals surface area contributed by atoms with Crippen molar-refractivity contribution in [1.29, 1.82) is 0 Å². The van der Waals surface area contributed by atoms with Crippen LogP contribution in [0.15, 0.2) is 0 Å². The standard InChI is InChI=1S/C13H25N3O4/c1-6(2)9(14)12(18)15-8(5)11(17)16-10(7(3)4)13(19)20/h6-10H,14H2,1-5H3,(H,15,18)(H,16,17)(H,19,20)/t8-,9-,10-/m0/s1. The summed E-state index contributed by atoms with van der Waals surface area (Å²) in [5, 5.41) is 13.9. The lowest BCUT2D eigenvalue weighted by molar-refractivity contribution is -0.143. The average Bonchev–Trinajstić information content (AvgIpc) is 2.33. The molecule has 0 aliphatic heterocycles. The Morgan fingerprint density at radius 2 is 1.40 bits per heavy atom. The molecule has 0 aliphatic carbocycles. The fraction of sp³-hybridized carbons (Fsp3) is 0.769. The van der Waals surface area contributed by atoms with Crippen LogP contribution in [0.3, 0.4) is 0 Å². The Morgan fingerprint density at radius 3 is 1.75 bits per heavy atom. The van der Waals surface area contributed by atoms with Crippen molar-refractivity contribution in [1.82, 2.24) is 10.6 Å². The van der Waals surface area contributed by atoms with Crippen molar-refractivity contribution in [2.24, 2.45) is 17.6 Å². The van der Waals surface area contributed by atoms with E-state index in [2.05, 4.69) is 10.6 Å². The third-order valence-corrected chi connectivity index (χ3v) is 3.00. The molecule has 7 heteroatoms. The van der Waals surface area contributed by atoms with Crippen LogP contribution < -0.4 is 16.4 Å². The number of carbonyl (C=O) groups is 3. The van der Waals surface area contributed by atoms with Gasteiger partial charge in [-0.2, -0.15) is 0 Å². The van der Waals surface area contributed by atoms with E-state index < -0.39 is 35.9 Å². The number of carbonyl (C=O) groups excluding carboxylic acids is 2. The molecule has 0 aromatic carbocycles. The number of aliphatic carboxylic acids is 1. The molecule has 0 saturated heterocycles. The van der Waals surface area contributed by atoms with Gasteiger partial charge in [0.15, 0.2) is 0 Å². The molecule has 0 heterocycles. The van der Waals surface area contributed by atoms with Gasteiger partial charge in [-0.05, 0) is 18.8 Å². The molecular formula is C13H25N3O4. The molecule has 116 valence electrons. The van der Waals surface area contributed by atoms with Gasteiger partial charge in [-0.25, -0.2) is 4.79 Å². The zero-order valence-corrected chi connectivity index (χ0v) is 12.6. The van der Waals surface area contributed by atoms with Crippen LogP contribution in [0.5, 0.6) is 0 Å². The molecule has 7 nitrogen and oxygen atoms in total. The van der Waals surface area contributed by atoms with E-state index in [1.807, 2.05) is 0 Å². The predicted octanol–water partition coefficient (Wildman–Crippen LogP) is -0.300. The van der Waals surface area contributed by atoms with Crippen molar-refractivity contribution in [3.63, 3.8) is 0 Å². The third-order valence-electron chi connectivity index (χ3n) is 3.00. The first-order valence-electron chi connectivity index (χ1n) is 6.67. The predicted molar refractivity (Wildman–Crippen MR) is 74.8 cm³/mol. The Balaban J connectivity index is 4.56. The summed E-state index contributed by atoms with van der Waals surface area (Å²) in [4.78, 5) is 34.6.